The topological polar surface area (TPSA) is 54.0 Å². The number of rotatable bonds is 14. The maximum absolute atomic E-state index is 13.7. The normalized spacial score (nSPS) is 15.3. The van der Waals surface area contributed by atoms with E-state index in [1.54, 1.807) is 0 Å². The first-order chi connectivity index (χ1) is 11.4. The maximum Gasteiger partial charge on any atom is 0.251 e. The van der Waals surface area contributed by atoms with E-state index in [-0.39, 0.29) is 17.6 Å². The second kappa shape index (κ2) is 11.2. The predicted octanol–water partition coefficient (Wildman–Crippen LogP) is 4.19. The Balaban J connectivity index is 6.21. The fourth-order valence-electron chi connectivity index (χ4n) is 3.00. The fraction of sp³-hybridized carbons (Fsp3) is 0.947. The van der Waals surface area contributed by atoms with E-state index in [9.17, 15) is 4.79 Å². The standard InChI is InChI=1S/C19H38O5/c1-9-15(7)18(21-11-3,22-12-4)17(20)19(23-13-5,24-14-6)16(8)10-2/h15-16H,9-14H2,1-8H3. The van der Waals surface area contributed by atoms with Crippen molar-refractivity contribution in [3.05, 3.63) is 0 Å². The van der Waals surface area contributed by atoms with Gasteiger partial charge in [-0.1, -0.05) is 27.7 Å². The Morgan fingerprint density at radius 3 is 1.08 bits per heavy atom. The molecule has 2 atom stereocenters. The van der Waals surface area contributed by atoms with Gasteiger partial charge in [-0.15, -0.1) is 0 Å². The van der Waals surface area contributed by atoms with E-state index < -0.39 is 11.6 Å². The minimum absolute atomic E-state index is 0.116. The largest absolute Gasteiger partial charge is 0.344 e. The van der Waals surface area contributed by atoms with Gasteiger partial charge in [0.15, 0.2) is 0 Å². The monoisotopic (exact) mass is 346 g/mol. The number of Topliss-reactive ketones (excluding diaryl/α,β-unsaturated/α-hetero) is 1. The van der Waals surface area contributed by atoms with E-state index in [2.05, 4.69) is 0 Å². The first-order valence-electron chi connectivity index (χ1n) is 9.47. The van der Waals surface area contributed by atoms with Crippen LogP contribution in [0.15, 0.2) is 0 Å². The van der Waals surface area contributed by atoms with Crippen LogP contribution in [0.5, 0.6) is 0 Å². The van der Waals surface area contributed by atoms with E-state index in [1.807, 2.05) is 55.4 Å². The number of hydrogen-bond acceptors (Lipinski definition) is 5. The Bertz CT molecular complexity index is 312. The first-order valence-corrected chi connectivity index (χ1v) is 9.47. The lowest BCUT2D eigenvalue weighted by atomic mass is 9.83. The molecule has 0 spiro atoms. The molecule has 0 amide bonds. The second-order valence-corrected chi connectivity index (χ2v) is 6.01. The van der Waals surface area contributed by atoms with Gasteiger partial charge in [-0.2, -0.15) is 0 Å². The molecule has 5 nitrogen and oxygen atoms in total. The van der Waals surface area contributed by atoms with Crippen molar-refractivity contribution in [2.75, 3.05) is 26.4 Å². The van der Waals surface area contributed by atoms with Gasteiger partial charge in [0.25, 0.3) is 5.78 Å². The van der Waals surface area contributed by atoms with Crippen molar-refractivity contribution in [2.45, 2.75) is 79.8 Å². The SMILES string of the molecule is CCOC(OCC)(C(=O)C(OCC)(OCC)C(C)CC)C(C)CC. The van der Waals surface area contributed by atoms with Crippen LogP contribution in [0.1, 0.15) is 68.2 Å². The zero-order valence-corrected chi connectivity index (χ0v) is 16.9. The summed E-state index contributed by atoms with van der Waals surface area (Å²) < 4.78 is 23.8. The van der Waals surface area contributed by atoms with Crippen LogP contribution < -0.4 is 0 Å². The van der Waals surface area contributed by atoms with E-state index in [0.717, 1.165) is 12.8 Å². The summed E-state index contributed by atoms with van der Waals surface area (Å²) in [6.45, 7) is 17.0. The average Bonchev–Trinajstić information content (AvgIpc) is 2.58. The molecular weight excluding hydrogens is 308 g/mol. The Labute approximate surface area is 148 Å². The summed E-state index contributed by atoms with van der Waals surface area (Å²) in [5.74, 6) is -3.20. The Kier molecular flexibility index (Phi) is 11.0. The van der Waals surface area contributed by atoms with Crippen LogP contribution in [0, 0.1) is 11.8 Å². The van der Waals surface area contributed by atoms with Gasteiger partial charge >= 0.3 is 0 Å². The molecule has 0 bridgehead atoms. The third-order valence-corrected chi connectivity index (χ3v) is 4.59. The molecule has 24 heavy (non-hydrogen) atoms. The van der Waals surface area contributed by atoms with Crippen LogP contribution in [-0.2, 0) is 23.7 Å². The zero-order valence-electron chi connectivity index (χ0n) is 16.9. The highest BCUT2D eigenvalue weighted by Gasteiger charge is 2.58. The molecule has 0 aromatic rings. The van der Waals surface area contributed by atoms with Gasteiger partial charge in [-0.3, -0.25) is 4.79 Å². The molecule has 0 aromatic carbocycles. The van der Waals surface area contributed by atoms with Crippen LogP contribution >= 0.6 is 0 Å². The van der Waals surface area contributed by atoms with Crippen molar-refractivity contribution in [1.29, 1.82) is 0 Å². The van der Waals surface area contributed by atoms with E-state index in [0.29, 0.717) is 26.4 Å². The Morgan fingerprint density at radius 2 is 0.917 bits per heavy atom. The molecule has 0 aliphatic carbocycles. The van der Waals surface area contributed by atoms with Crippen molar-refractivity contribution >= 4 is 5.78 Å². The van der Waals surface area contributed by atoms with E-state index >= 15 is 0 Å². The van der Waals surface area contributed by atoms with Gasteiger partial charge in [0.2, 0.25) is 11.6 Å². The van der Waals surface area contributed by atoms with Crippen molar-refractivity contribution in [3.63, 3.8) is 0 Å². The summed E-state index contributed by atoms with van der Waals surface area (Å²) >= 11 is 0. The summed E-state index contributed by atoms with van der Waals surface area (Å²) in [7, 11) is 0. The minimum Gasteiger partial charge on any atom is -0.344 e. The molecule has 0 aromatic heterocycles. The maximum atomic E-state index is 13.7. The highest BCUT2D eigenvalue weighted by molar-refractivity contribution is 5.93. The van der Waals surface area contributed by atoms with Crippen LogP contribution in [0.2, 0.25) is 0 Å². The van der Waals surface area contributed by atoms with Crippen molar-refractivity contribution in [3.8, 4) is 0 Å². The van der Waals surface area contributed by atoms with Crippen molar-refractivity contribution in [2.24, 2.45) is 11.8 Å². The molecule has 0 heterocycles. The van der Waals surface area contributed by atoms with Gasteiger partial charge in [-0.05, 0) is 40.5 Å². The highest BCUT2D eigenvalue weighted by atomic mass is 16.7. The number of carbonyl (C=O) groups is 1. The van der Waals surface area contributed by atoms with Crippen LogP contribution in [-0.4, -0.2) is 43.8 Å². The zero-order chi connectivity index (χ0) is 18.8. The van der Waals surface area contributed by atoms with Crippen LogP contribution in [0.3, 0.4) is 0 Å². The second-order valence-electron chi connectivity index (χ2n) is 6.01. The summed E-state index contributed by atoms with van der Waals surface area (Å²) in [5, 5.41) is 0. The summed E-state index contributed by atoms with van der Waals surface area (Å²) in [6, 6.07) is 0. The molecule has 0 radical (unpaired) electrons. The molecule has 5 heteroatoms. The van der Waals surface area contributed by atoms with Gasteiger partial charge in [0.05, 0.1) is 0 Å². The number of ketones is 1. The molecule has 0 aliphatic heterocycles. The Morgan fingerprint density at radius 1 is 0.667 bits per heavy atom. The lowest BCUT2D eigenvalue weighted by Gasteiger charge is -2.45. The summed E-state index contributed by atoms with van der Waals surface area (Å²) in [4.78, 5) is 13.7. The van der Waals surface area contributed by atoms with E-state index in [4.69, 9.17) is 18.9 Å². The van der Waals surface area contributed by atoms with Gasteiger partial charge in [-0.25, -0.2) is 0 Å². The molecule has 0 rings (SSSR count). The first kappa shape index (κ1) is 23.5. The fourth-order valence-corrected chi connectivity index (χ4v) is 3.00. The third kappa shape index (κ3) is 4.78. The quantitative estimate of drug-likeness (QED) is 0.442. The minimum atomic E-state index is -1.36. The van der Waals surface area contributed by atoms with Gasteiger partial charge in [0.1, 0.15) is 0 Å². The average molecular weight is 347 g/mol. The highest BCUT2D eigenvalue weighted by Crippen LogP contribution is 2.38. The lowest BCUT2D eigenvalue weighted by molar-refractivity contribution is -0.299. The van der Waals surface area contributed by atoms with Gasteiger partial charge in [0, 0.05) is 38.3 Å². The smallest absolute Gasteiger partial charge is 0.251 e. The number of carbonyl (C=O) groups excluding carboxylic acids is 1. The molecule has 0 aliphatic rings. The molecule has 0 N–H and O–H groups in total. The number of hydrogen-bond donors (Lipinski definition) is 0. The summed E-state index contributed by atoms with van der Waals surface area (Å²) in [6.07, 6.45) is 1.50. The molecular formula is C19H38O5. The number of ether oxygens (including phenoxy) is 4. The van der Waals surface area contributed by atoms with Gasteiger partial charge < -0.3 is 18.9 Å². The molecule has 0 saturated carbocycles. The predicted molar refractivity (Wildman–Crippen MR) is 95.9 cm³/mol. The van der Waals surface area contributed by atoms with Crippen molar-refractivity contribution < 1.29 is 23.7 Å². The molecule has 144 valence electrons. The molecule has 0 saturated heterocycles. The van der Waals surface area contributed by atoms with E-state index in [1.165, 1.54) is 0 Å². The summed E-state index contributed by atoms with van der Waals surface area (Å²) in [5.41, 5.74) is 0. The molecule has 0 fully saturated rings. The molecule has 2 unspecified atom stereocenters. The Hall–Kier alpha value is -0.490. The van der Waals surface area contributed by atoms with Crippen LogP contribution in [0.25, 0.3) is 0 Å². The third-order valence-electron chi connectivity index (χ3n) is 4.59. The van der Waals surface area contributed by atoms with Crippen molar-refractivity contribution in [1.82, 2.24) is 0 Å². The van der Waals surface area contributed by atoms with Crippen LogP contribution in [0.4, 0.5) is 0 Å². The lowest BCUT2D eigenvalue weighted by Crippen LogP contribution is -2.63.